The second-order valence-electron chi connectivity index (χ2n) is 5.14. The molecule has 7 nitrogen and oxygen atoms in total. The van der Waals surface area contributed by atoms with Gasteiger partial charge in [0.2, 0.25) is 0 Å². The normalized spacial score (nSPS) is 10.7. The lowest BCUT2D eigenvalue weighted by atomic mass is 10.1. The van der Waals surface area contributed by atoms with E-state index < -0.39 is 23.5 Å². The van der Waals surface area contributed by atoms with Gasteiger partial charge in [0.15, 0.2) is 0 Å². The van der Waals surface area contributed by atoms with E-state index in [0.29, 0.717) is 17.7 Å². The molecule has 26 heavy (non-hydrogen) atoms. The Balaban J connectivity index is 2.65. The molecule has 0 atom stereocenters. The highest BCUT2D eigenvalue weighted by molar-refractivity contribution is 6.17. The molecule has 140 valence electrons. The highest BCUT2D eigenvalue weighted by atomic mass is 16.6. The standard InChI is InChI=1S/C19H22O7/c1-3-5-10-26-19(23)16(18(21)22)13-14-6-8-15(9-7-14)24-11-12-25-17(20)4-2/h4,6-9,13H,2-3,5,10-12H2,1H3,(H,21,22). The molecule has 0 saturated carbocycles. The molecule has 0 amide bonds. The number of hydrogen-bond donors (Lipinski definition) is 1. The molecule has 1 aromatic carbocycles. The summed E-state index contributed by atoms with van der Waals surface area (Å²) in [6.07, 6.45) is 3.82. The first kappa shape index (κ1) is 21.0. The van der Waals surface area contributed by atoms with Crippen LogP contribution in [-0.2, 0) is 23.9 Å². The van der Waals surface area contributed by atoms with Crippen molar-refractivity contribution >= 4 is 24.0 Å². The molecule has 1 N–H and O–H groups in total. The maximum absolute atomic E-state index is 11.8. The van der Waals surface area contributed by atoms with Crippen LogP contribution in [-0.4, -0.2) is 42.8 Å². The zero-order chi connectivity index (χ0) is 19.4. The third-order valence-corrected chi connectivity index (χ3v) is 3.14. The molecule has 0 unspecified atom stereocenters. The Kier molecular flexibility index (Phi) is 9.24. The average molecular weight is 362 g/mol. The summed E-state index contributed by atoms with van der Waals surface area (Å²) < 4.78 is 15.1. The molecule has 0 aliphatic rings. The van der Waals surface area contributed by atoms with E-state index >= 15 is 0 Å². The van der Waals surface area contributed by atoms with Gasteiger partial charge in [0.25, 0.3) is 0 Å². The van der Waals surface area contributed by atoms with Crippen LogP contribution in [0.2, 0.25) is 0 Å². The Morgan fingerprint density at radius 2 is 1.77 bits per heavy atom. The van der Waals surface area contributed by atoms with E-state index in [2.05, 4.69) is 6.58 Å². The summed E-state index contributed by atoms with van der Waals surface area (Å²) in [6, 6.07) is 6.44. The SMILES string of the molecule is C=CC(=O)OCCOc1ccc(C=C(C(=O)O)C(=O)OCCCC)cc1. The summed E-state index contributed by atoms with van der Waals surface area (Å²) in [4.78, 5) is 34.0. The number of carboxylic acid groups (broad SMARTS) is 1. The van der Waals surface area contributed by atoms with Gasteiger partial charge in [-0.1, -0.05) is 32.1 Å². The first-order chi connectivity index (χ1) is 12.5. The van der Waals surface area contributed by atoms with Crippen molar-refractivity contribution in [1.82, 2.24) is 0 Å². The van der Waals surface area contributed by atoms with Crippen LogP contribution in [0.25, 0.3) is 6.08 Å². The van der Waals surface area contributed by atoms with E-state index in [-0.39, 0.29) is 19.8 Å². The largest absolute Gasteiger partial charge is 0.490 e. The number of rotatable bonds is 11. The Labute approximate surface area is 151 Å². The maximum atomic E-state index is 11.8. The van der Waals surface area contributed by atoms with Gasteiger partial charge in [-0.15, -0.1) is 0 Å². The minimum absolute atomic E-state index is 0.0826. The van der Waals surface area contributed by atoms with Gasteiger partial charge in [0.1, 0.15) is 24.5 Å². The zero-order valence-electron chi connectivity index (χ0n) is 14.6. The lowest BCUT2D eigenvalue weighted by molar-refractivity contribution is -0.144. The van der Waals surface area contributed by atoms with Crippen LogP contribution in [0.1, 0.15) is 25.3 Å². The van der Waals surface area contributed by atoms with Crippen molar-refractivity contribution in [2.75, 3.05) is 19.8 Å². The maximum Gasteiger partial charge on any atom is 0.345 e. The molecule has 0 aromatic heterocycles. The van der Waals surface area contributed by atoms with Crippen molar-refractivity contribution in [3.63, 3.8) is 0 Å². The Morgan fingerprint density at radius 3 is 2.35 bits per heavy atom. The van der Waals surface area contributed by atoms with Crippen molar-refractivity contribution in [2.45, 2.75) is 19.8 Å². The summed E-state index contributed by atoms with van der Waals surface area (Å²) in [5.74, 6) is -2.23. The van der Waals surface area contributed by atoms with Crippen molar-refractivity contribution < 1.29 is 33.7 Å². The van der Waals surface area contributed by atoms with Gasteiger partial charge >= 0.3 is 17.9 Å². The lowest BCUT2D eigenvalue weighted by Crippen LogP contribution is -2.16. The van der Waals surface area contributed by atoms with E-state index in [1.807, 2.05) is 6.92 Å². The second kappa shape index (κ2) is 11.5. The molecule has 0 aliphatic heterocycles. The van der Waals surface area contributed by atoms with Gasteiger partial charge in [-0.25, -0.2) is 14.4 Å². The van der Waals surface area contributed by atoms with Gasteiger partial charge < -0.3 is 19.3 Å². The molecule has 7 heteroatoms. The number of carbonyl (C=O) groups excluding carboxylic acids is 2. The molecule has 0 aliphatic carbocycles. The van der Waals surface area contributed by atoms with Gasteiger partial charge in [0, 0.05) is 6.08 Å². The van der Waals surface area contributed by atoms with Gasteiger partial charge in [-0.05, 0) is 30.2 Å². The summed E-state index contributed by atoms with van der Waals surface area (Å²) in [7, 11) is 0. The van der Waals surface area contributed by atoms with Crippen molar-refractivity contribution in [2.24, 2.45) is 0 Å². The number of hydrogen-bond acceptors (Lipinski definition) is 6. The molecule has 0 heterocycles. The van der Waals surface area contributed by atoms with Gasteiger partial charge in [-0.3, -0.25) is 0 Å². The third-order valence-electron chi connectivity index (χ3n) is 3.14. The van der Waals surface area contributed by atoms with E-state index in [9.17, 15) is 19.5 Å². The highest BCUT2D eigenvalue weighted by Crippen LogP contribution is 2.15. The molecule has 0 saturated heterocycles. The third kappa shape index (κ3) is 7.65. The molecular weight excluding hydrogens is 340 g/mol. The smallest absolute Gasteiger partial charge is 0.345 e. The number of esters is 2. The fourth-order valence-corrected chi connectivity index (χ4v) is 1.78. The highest BCUT2D eigenvalue weighted by Gasteiger charge is 2.18. The Morgan fingerprint density at radius 1 is 1.08 bits per heavy atom. The first-order valence-corrected chi connectivity index (χ1v) is 8.12. The lowest BCUT2D eigenvalue weighted by Gasteiger charge is -2.07. The van der Waals surface area contributed by atoms with Crippen LogP contribution in [0, 0.1) is 0 Å². The van der Waals surface area contributed by atoms with Crippen LogP contribution in [0.5, 0.6) is 5.75 Å². The fraction of sp³-hybridized carbons (Fsp3) is 0.316. The first-order valence-electron chi connectivity index (χ1n) is 8.12. The minimum Gasteiger partial charge on any atom is -0.490 e. The molecule has 0 fully saturated rings. The van der Waals surface area contributed by atoms with Crippen molar-refractivity contribution in [3.05, 3.63) is 48.1 Å². The Bertz CT molecular complexity index is 659. The number of carboxylic acids is 1. The fourth-order valence-electron chi connectivity index (χ4n) is 1.78. The number of benzene rings is 1. The van der Waals surface area contributed by atoms with E-state index in [0.717, 1.165) is 12.5 Å². The molecule has 1 aromatic rings. The van der Waals surface area contributed by atoms with Crippen LogP contribution >= 0.6 is 0 Å². The molecule has 0 radical (unpaired) electrons. The molecule has 1 rings (SSSR count). The summed E-state index contributed by atoms with van der Waals surface area (Å²) in [6.45, 7) is 5.65. The number of ether oxygens (including phenoxy) is 3. The summed E-state index contributed by atoms with van der Waals surface area (Å²) in [5, 5.41) is 9.18. The Hall–Kier alpha value is -3.09. The summed E-state index contributed by atoms with van der Waals surface area (Å²) in [5.41, 5.74) is 0.0754. The zero-order valence-corrected chi connectivity index (χ0v) is 14.6. The summed E-state index contributed by atoms with van der Waals surface area (Å²) >= 11 is 0. The van der Waals surface area contributed by atoms with Crippen LogP contribution < -0.4 is 4.74 Å². The predicted molar refractivity (Wildman–Crippen MR) is 94.6 cm³/mol. The van der Waals surface area contributed by atoms with Crippen molar-refractivity contribution in [1.29, 1.82) is 0 Å². The van der Waals surface area contributed by atoms with Crippen LogP contribution in [0.15, 0.2) is 42.5 Å². The monoisotopic (exact) mass is 362 g/mol. The van der Waals surface area contributed by atoms with Crippen LogP contribution in [0.3, 0.4) is 0 Å². The van der Waals surface area contributed by atoms with E-state index in [4.69, 9.17) is 14.2 Å². The quantitative estimate of drug-likeness (QED) is 0.212. The van der Waals surface area contributed by atoms with Crippen molar-refractivity contribution in [3.8, 4) is 5.75 Å². The minimum atomic E-state index is -1.35. The topological polar surface area (TPSA) is 99.1 Å². The number of unbranched alkanes of at least 4 members (excludes halogenated alkanes) is 1. The van der Waals surface area contributed by atoms with Gasteiger partial charge in [0.05, 0.1) is 6.61 Å². The second-order valence-corrected chi connectivity index (χ2v) is 5.14. The van der Waals surface area contributed by atoms with E-state index in [1.54, 1.807) is 24.3 Å². The number of carbonyl (C=O) groups is 3. The van der Waals surface area contributed by atoms with E-state index in [1.165, 1.54) is 6.08 Å². The molecule has 0 spiro atoms. The average Bonchev–Trinajstić information content (AvgIpc) is 2.63. The van der Waals surface area contributed by atoms with Gasteiger partial charge in [-0.2, -0.15) is 0 Å². The molecular formula is C19H22O7. The van der Waals surface area contributed by atoms with Crippen LogP contribution in [0.4, 0.5) is 0 Å². The number of aliphatic carboxylic acids is 1. The predicted octanol–water partition coefficient (Wildman–Crippen LogP) is 2.61. The molecule has 0 bridgehead atoms.